The summed E-state index contributed by atoms with van der Waals surface area (Å²) in [6.07, 6.45) is 1.75. The van der Waals surface area contributed by atoms with Crippen molar-refractivity contribution in [3.8, 4) is 0 Å². The summed E-state index contributed by atoms with van der Waals surface area (Å²) in [5.41, 5.74) is 1.20. The van der Waals surface area contributed by atoms with Crippen molar-refractivity contribution < 1.29 is 4.79 Å². The van der Waals surface area contributed by atoms with Crippen LogP contribution in [0.5, 0.6) is 0 Å². The summed E-state index contributed by atoms with van der Waals surface area (Å²) >= 11 is 1.45. The zero-order valence-electron chi connectivity index (χ0n) is 10.7. The molecule has 4 nitrogen and oxygen atoms in total. The molecule has 1 heterocycles. The number of carbonyl (C=O) groups excluding carboxylic acids is 1. The average molecular weight is 273 g/mol. The second-order valence-corrected chi connectivity index (χ2v) is 6.03. The quantitative estimate of drug-likeness (QED) is 0.932. The Hall–Kier alpha value is -1.75. The average Bonchev–Trinajstić information content (AvgIpc) is 2.99. The number of rotatable bonds is 4. The number of anilines is 1. The molecule has 1 fully saturated rings. The number of aromatic nitrogens is 2. The van der Waals surface area contributed by atoms with Gasteiger partial charge in [-0.25, -0.2) is 0 Å². The third-order valence-corrected chi connectivity index (χ3v) is 4.18. The topological polar surface area (TPSA) is 54.9 Å². The van der Waals surface area contributed by atoms with E-state index in [-0.39, 0.29) is 11.8 Å². The van der Waals surface area contributed by atoms with Crippen LogP contribution in [0.3, 0.4) is 0 Å². The maximum atomic E-state index is 11.8. The molecule has 0 bridgehead atoms. The number of hydrogen-bond donors (Lipinski definition) is 1. The Morgan fingerprint density at radius 1 is 1.37 bits per heavy atom. The fraction of sp³-hybridized carbons (Fsp3) is 0.357. The predicted octanol–water partition coefficient (Wildman–Crippen LogP) is 2.72. The van der Waals surface area contributed by atoms with Gasteiger partial charge in [-0.3, -0.25) is 4.79 Å². The maximum absolute atomic E-state index is 11.8. The van der Waals surface area contributed by atoms with E-state index >= 15 is 0 Å². The molecule has 1 aliphatic carbocycles. The Labute approximate surface area is 115 Å². The molecule has 0 aliphatic heterocycles. The van der Waals surface area contributed by atoms with E-state index in [4.69, 9.17) is 0 Å². The van der Waals surface area contributed by atoms with Gasteiger partial charge in [0.1, 0.15) is 5.01 Å². The smallest absolute Gasteiger partial charge is 0.229 e. The normalized spacial score (nSPS) is 21.1. The lowest BCUT2D eigenvalue weighted by Gasteiger charge is -1.97. The summed E-state index contributed by atoms with van der Waals surface area (Å²) in [5.74, 6) is 0.757. The molecule has 98 valence electrons. The molecule has 1 aromatic carbocycles. The Bertz CT molecular complexity index is 581. The van der Waals surface area contributed by atoms with E-state index in [0.29, 0.717) is 11.0 Å². The molecular formula is C14H15N3OS. The van der Waals surface area contributed by atoms with Gasteiger partial charge < -0.3 is 5.32 Å². The van der Waals surface area contributed by atoms with Crippen LogP contribution < -0.4 is 5.32 Å². The van der Waals surface area contributed by atoms with Crippen molar-refractivity contribution in [2.45, 2.75) is 19.8 Å². The van der Waals surface area contributed by atoms with Crippen molar-refractivity contribution in [1.82, 2.24) is 10.2 Å². The molecule has 1 N–H and O–H groups in total. The maximum Gasteiger partial charge on any atom is 0.229 e. The van der Waals surface area contributed by atoms with Crippen molar-refractivity contribution >= 4 is 22.4 Å². The van der Waals surface area contributed by atoms with E-state index in [2.05, 4.69) is 34.6 Å². The molecule has 2 aromatic rings. The van der Waals surface area contributed by atoms with Gasteiger partial charge in [0, 0.05) is 12.3 Å². The van der Waals surface area contributed by atoms with Gasteiger partial charge in [-0.05, 0) is 17.9 Å². The van der Waals surface area contributed by atoms with Gasteiger partial charge in [-0.1, -0.05) is 48.6 Å². The molecule has 1 aliphatic rings. The molecule has 0 radical (unpaired) electrons. The van der Waals surface area contributed by atoms with Gasteiger partial charge in [0.15, 0.2) is 0 Å². The zero-order valence-corrected chi connectivity index (χ0v) is 11.5. The van der Waals surface area contributed by atoms with Crippen molar-refractivity contribution in [2.75, 3.05) is 5.32 Å². The Balaban J connectivity index is 1.62. The minimum absolute atomic E-state index is 0.0786. The molecular weight excluding hydrogens is 258 g/mol. The molecule has 1 saturated carbocycles. The van der Waals surface area contributed by atoms with Crippen molar-refractivity contribution in [3.63, 3.8) is 0 Å². The number of nitrogens with zero attached hydrogens (tertiary/aromatic N) is 2. The number of amides is 1. The number of carbonyl (C=O) groups is 1. The first-order valence-electron chi connectivity index (χ1n) is 6.39. The van der Waals surface area contributed by atoms with Crippen molar-refractivity contribution in [3.05, 3.63) is 40.9 Å². The summed E-state index contributed by atoms with van der Waals surface area (Å²) < 4.78 is 0. The summed E-state index contributed by atoms with van der Waals surface area (Å²) in [6, 6.07) is 10.1. The molecule has 2 atom stereocenters. The van der Waals surface area contributed by atoms with Crippen LogP contribution in [-0.4, -0.2) is 16.1 Å². The second kappa shape index (κ2) is 5.09. The minimum Gasteiger partial charge on any atom is -0.300 e. The summed E-state index contributed by atoms with van der Waals surface area (Å²) in [4.78, 5) is 11.8. The molecule has 5 heteroatoms. The number of hydrogen-bond acceptors (Lipinski definition) is 4. The van der Waals surface area contributed by atoms with Gasteiger partial charge in [0.25, 0.3) is 0 Å². The highest BCUT2D eigenvalue weighted by Gasteiger charge is 2.39. The van der Waals surface area contributed by atoms with Crippen LogP contribution >= 0.6 is 11.3 Å². The highest BCUT2D eigenvalue weighted by Crippen LogP contribution is 2.38. The zero-order chi connectivity index (χ0) is 13.2. The van der Waals surface area contributed by atoms with E-state index in [0.717, 1.165) is 17.8 Å². The molecule has 19 heavy (non-hydrogen) atoms. The fourth-order valence-electron chi connectivity index (χ4n) is 2.03. The first-order chi connectivity index (χ1) is 9.22. The standard InChI is InChI=1S/C14H15N3OS/c1-9-7-11(9)13(18)15-14-17-16-12(19-14)8-10-5-3-2-4-6-10/h2-6,9,11H,7-8H2,1H3,(H,15,17,18). The molecule has 3 rings (SSSR count). The predicted molar refractivity (Wildman–Crippen MR) is 75.1 cm³/mol. The van der Waals surface area contributed by atoms with Crippen LogP contribution in [0.25, 0.3) is 0 Å². The lowest BCUT2D eigenvalue weighted by molar-refractivity contribution is -0.117. The van der Waals surface area contributed by atoms with Crippen LogP contribution in [0.1, 0.15) is 23.9 Å². The summed E-state index contributed by atoms with van der Waals surface area (Å²) in [6.45, 7) is 2.09. The van der Waals surface area contributed by atoms with E-state index < -0.39 is 0 Å². The van der Waals surface area contributed by atoms with E-state index in [1.807, 2.05) is 18.2 Å². The third kappa shape index (κ3) is 2.98. The Morgan fingerprint density at radius 3 is 2.79 bits per heavy atom. The van der Waals surface area contributed by atoms with Gasteiger partial charge in [0.2, 0.25) is 11.0 Å². The lowest BCUT2D eigenvalue weighted by Crippen LogP contribution is -2.14. The summed E-state index contributed by atoms with van der Waals surface area (Å²) in [5, 5.41) is 12.5. The van der Waals surface area contributed by atoms with Crippen LogP contribution in [-0.2, 0) is 11.2 Å². The third-order valence-electron chi connectivity index (χ3n) is 3.34. The summed E-state index contributed by atoms with van der Waals surface area (Å²) in [7, 11) is 0. The van der Waals surface area contributed by atoms with Crippen molar-refractivity contribution in [1.29, 1.82) is 0 Å². The van der Waals surface area contributed by atoms with Gasteiger partial charge in [-0.15, -0.1) is 10.2 Å². The Morgan fingerprint density at radius 2 is 2.11 bits per heavy atom. The molecule has 2 unspecified atom stereocenters. The SMILES string of the molecule is CC1CC1C(=O)Nc1nnc(Cc2ccccc2)s1. The van der Waals surface area contributed by atoms with Gasteiger partial charge >= 0.3 is 0 Å². The Kier molecular flexibility index (Phi) is 3.29. The molecule has 1 aromatic heterocycles. The van der Waals surface area contributed by atoms with E-state index in [1.54, 1.807) is 0 Å². The van der Waals surface area contributed by atoms with Gasteiger partial charge in [-0.2, -0.15) is 0 Å². The van der Waals surface area contributed by atoms with Crippen LogP contribution in [0.15, 0.2) is 30.3 Å². The monoisotopic (exact) mass is 273 g/mol. The van der Waals surface area contributed by atoms with Gasteiger partial charge in [0.05, 0.1) is 0 Å². The lowest BCUT2D eigenvalue weighted by atomic mass is 10.2. The largest absolute Gasteiger partial charge is 0.300 e. The number of nitrogens with one attached hydrogen (secondary N) is 1. The van der Waals surface area contributed by atoms with Crippen LogP contribution in [0.2, 0.25) is 0 Å². The fourth-order valence-corrected chi connectivity index (χ4v) is 2.81. The number of benzene rings is 1. The van der Waals surface area contributed by atoms with E-state index in [1.165, 1.54) is 16.9 Å². The second-order valence-electron chi connectivity index (χ2n) is 4.97. The highest BCUT2D eigenvalue weighted by molar-refractivity contribution is 7.15. The molecule has 1 amide bonds. The van der Waals surface area contributed by atoms with Crippen LogP contribution in [0, 0.1) is 11.8 Å². The minimum atomic E-state index is 0.0786. The molecule has 0 saturated heterocycles. The first-order valence-corrected chi connectivity index (χ1v) is 7.21. The first kappa shape index (κ1) is 12.3. The molecule has 0 spiro atoms. The van der Waals surface area contributed by atoms with E-state index in [9.17, 15) is 4.79 Å². The van der Waals surface area contributed by atoms with Crippen molar-refractivity contribution in [2.24, 2.45) is 11.8 Å². The highest BCUT2D eigenvalue weighted by atomic mass is 32.1. The van der Waals surface area contributed by atoms with Crippen LogP contribution in [0.4, 0.5) is 5.13 Å².